The Kier molecular flexibility index (Phi) is 14.8. The Morgan fingerprint density at radius 2 is 0.816 bits per heavy atom. The summed E-state index contributed by atoms with van der Waals surface area (Å²) in [6, 6.07) is 45.2. The standard InChI is InChI=1S/C33H23F3N2O4S.C25H21F3N2O2S/c34-33(35,36)29-14-5-13-26-25(15-16-37-30(26)29)23-9-3-7-21(19-23)22-8-4-10-24(20-22)43(41,42)18-6-17-38-31(39)27-11-1-2-12-28(27)32(38)40;26-25(27,28)23-10-3-9-22-21(11-13-30-24(22)23)19-7-1-5-17(15-19)18-6-2-8-20(16-18)33(31,32)14-4-12-29/h1-5,7-16,19-20H,6,17-18H2;1-3,5-11,13,15-16H,4,12,14,29H2. The second-order valence-corrected chi connectivity index (χ2v) is 22.0. The monoisotopic (exact) mass is 1070 g/mol. The number of imide groups is 1. The zero-order valence-corrected chi connectivity index (χ0v) is 41.6. The highest BCUT2D eigenvalue weighted by molar-refractivity contribution is 7.91. The summed E-state index contributed by atoms with van der Waals surface area (Å²) in [5.74, 6) is -1.17. The van der Waals surface area contributed by atoms with Gasteiger partial charge in [0.1, 0.15) is 0 Å². The molecule has 0 atom stereocenters. The molecule has 1 aliphatic heterocycles. The van der Waals surface area contributed by atoms with E-state index in [2.05, 4.69) is 9.97 Å². The number of halogens is 6. The third-order valence-electron chi connectivity index (χ3n) is 12.8. The molecule has 0 spiro atoms. The van der Waals surface area contributed by atoms with Crippen molar-refractivity contribution in [2.45, 2.75) is 35.0 Å². The molecule has 2 N–H and O–H groups in total. The minimum atomic E-state index is -4.55. The molecule has 2 amide bonds. The van der Waals surface area contributed by atoms with Gasteiger partial charge in [0.25, 0.3) is 11.8 Å². The molecule has 0 radical (unpaired) electrons. The molecule has 0 bridgehead atoms. The lowest BCUT2D eigenvalue weighted by atomic mass is 9.96. The Morgan fingerprint density at radius 1 is 0.434 bits per heavy atom. The summed E-state index contributed by atoms with van der Waals surface area (Å²) in [6.45, 7) is 0.264. The van der Waals surface area contributed by atoms with Gasteiger partial charge in [-0.05, 0) is 137 Å². The molecule has 9 aromatic rings. The average Bonchev–Trinajstić information content (AvgIpc) is 3.69. The smallest absolute Gasteiger partial charge is 0.330 e. The molecule has 0 unspecified atom stereocenters. The van der Waals surface area contributed by atoms with Gasteiger partial charge in [0.05, 0.1) is 54.6 Å². The Balaban J connectivity index is 0.000000193. The van der Waals surface area contributed by atoms with Gasteiger partial charge >= 0.3 is 12.4 Å². The van der Waals surface area contributed by atoms with E-state index in [9.17, 15) is 52.8 Å². The van der Waals surface area contributed by atoms with Crippen LogP contribution in [0.2, 0.25) is 0 Å². The number of hydrogen-bond donors (Lipinski definition) is 1. The van der Waals surface area contributed by atoms with Gasteiger partial charge in [-0.25, -0.2) is 16.8 Å². The normalized spacial score (nSPS) is 13.0. The van der Waals surface area contributed by atoms with Crippen molar-refractivity contribution in [2.75, 3.05) is 24.6 Å². The number of alkyl halides is 6. The van der Waals surface area contributed by atoms with Crippen LogP contribution in [0.5, 0.6) is 0 Å². The molecule has 2 aromatic heterocycles. The molecule has 1 aliphatic rings. The minimum Gasteiger partial charge on any atom is -0.330 e. The SMILES string of the molecule is NCCCS(=O)(=O)c1cccc(-c2cccc(-c3ccnc4c(C(F)(F)F)cccc34)c2)c1.O=C1c2ccccc2C(=O)N1CCCS(=O)(=O)c1cccc(-c2cccc(-c3ccnc4c(C(F)(F)F)cccc34)c2)c1. The van der Waals surface area contributed by atoms with E-state index in [-0.39, 0.29) is 51.8 Å². The molecule has 0 saturated heterocycles. The van der Waals surface area contributed by atoms with E-state index < -0.39 is 55.0 Å². The summed E-state index contributed by atoms with van der Waals surface area (Å²) in [5, 5.41) is 0.742. The van der Waals surface area contributed by atoms with Gasteiger partial charge in [0.2, 0.25) is 0 Å². The highest BCUT2D eigenvalue weighted by atomic mass is 32.2. The second-order valence-electron chi connectivity index (χ2n) is 17.8. The Morgan fingerprint density at radius 3 is 1.24 bits per heavy atom. The molecule has 386 valence electrons. The Hall–Kier alpha value is -8.06. The number of aromatic nitrogens is 2. The maximum absolute atomic E-state index is 13.6. The van der Waals surface area contributed by atoms with Gasteiger partial charge in [0, 0.05) is 29.7 Å². The number of nitrogens with zero attached hydrogens (tertiary/aromatic N) is 3. The highest BCUT2D eigenvalue weighted by Crippen LogP contribution is 2.40. The molecule has 0 fully saturated rings. The van der Waals surface area contributed by atoms with Crippen LogP contribution in [0.1, 0.15) is 44.7 Å². The zero-order valence-electron chi connectivity index (χ0n) is 40.0. The van der Waals surface area contributed by atoms with Crippen molar-refractivity contribution in [1.82, 2.24) is 14.9 Å². The van der Waals surface area contributed by atoms with Crippen molar-refractivity contribution in [2.24, 2.45) is 5.73 Å². The van der Waals surface area contributed by atoms with Crippen molar-refractivity contribution in [3.05, 3.63) is 205 Å². The van der Waals surface area contributed by atoms with Crippen LogP contribution in [0.25, 0.3) is 66.3 Å². The van der Waals surface area contributed by atoms with Crippen LogP contribution >= 0.6 is 0 Å². The maximum Gasteiger partial charge on any atom is 0.418 e. The van der Waals surface area contributed by atoms with Crippen LogP contribution in [0.4, 0.5) is 26.3 Å². The summed E-state index contributed by atoms with van der Waals surface area (Å²) in [6.07, 6.45) is -5.91. The largest absolute Gasteiger partial charge is 0.418 e. The lowest BCUT2D eigenvalue weighted by molar-refractivity contribution is -0.137. The van der Waals surface area contributed by atoms with Gasteiger partial charge in [-0.1, -0.05) is 97.1 Å². The van der Waals surface area contributed by atoms with Crippen LogP contribution in [-0.2, 0) is 32.0 Å². The number of pyridine rings is 2. The van der Waals surface area contributed by atoms with Crippen molar-refractivity contribution in [3.63, 3.8) is 0 Å². The molecular formula is C58H44F6N4O6S2. The summed E-state index contributed by atoms with van der Waals surface area (Å²) in [5.41, 5.74) is 9.48. The summed E-state index contributed by atoms with van der Waals surface area (Å²) >= 11 is 0. The number of benzene rings is 7. The molecule has 3 heterocycles. The van der Waals surface area contributed by atoms with Gasteiger partial charge < -0.3 is 5.73 Å². The number of carbonyl (C=O) groups excluding carboxylic acids is 2. The summed E-state index contributed by atoms with van der Waals surface area (Å²) in [7, 11) is -7.22. The number of amides is 2. The average molecular weight is 1070 g/mol. The number of hydrogen-bond acceptors (Lipinski definition) is 9. The predicted molar refractivity (Wildman–Crippen MR) is 279 cm³/mol. The number of fused-ring (bicyclic) bond motifs is 3. The summed E-state index contributed by atoms with van der Waals surface area (Å²) < 4.78 is 133. The summed E-state index contributed by atoms with van der Waals surface area (Å²) in [4.78, 5) is 34.5. The Bertz CT molecular complexity index is 3910. The molecule has 10 rings (SSSR count). The fourth-order valence-corrected chi connectivity index (χ4v) is 11.9. The molecular weight excluding hydrogens is 1030 g/mol. The second kappa shape index (κ2) is 21.3. The molecule has 0 aliphatic carbocycles. The first-order valence-corrected chi connectivity index (χ1v) is 27.0. The lowest BCUT2D eigenvalue weighted by Gasteiger charge is -2.14. The number of nitrogens with two attached hydrogens (primary N) is 1. The van der Waals surface area contributed by atoms with Crippen molar-refractivity contribution in [1.29, 1.82) is 0 Å². The van der Waals surface area contributed by atoms with E-state index in [1.165, 1.54) is 30.6 Å². The van der Waals surface area contributed by atoms with E-state index in [0.717, 1.165) is 22.6 Å². The van der Waals surface area contributed by atoms with Crippen LogP contribution in [-0.4, -0.2) is 68.1 Å². The first-order valence-electron chi connectivity index (χ1n) is 23.7. The predicted octanol–water partition coefficient (Wildman–Crippen LogP) is 12.8. The number of rotatable bonds is 13. The third kappa shape index (κ3) is 11.0. The van der Waals surface area contributed by atoms with Crippen LogP contribution in [0.3, 0.4) is 0 Å². The molecule has 0 saturated carbocycles. The maximum atomic E-state index is 13.6. The zero-order chi connectivity index (χ0) is 54.0. The van der Waals surface area contributed by atoms with Gasteiger partial charge in [0.15, 0.2) is 19.7 Å². The first kappa shape index (κ1) is 52.8. The highest BCUT2D eigenvalue weighted by Gasteiger charge is 2.36. The van der Waals surface area contributed by atoms with E-state index in [0.29, 0.717) is 67.3 Å². The number of carbonyl (C=O) groups is 2. The minimum absolute atomic E-state index is 0.0245. The molecule has 18 heteroatoms. The van der Waals surface area contributed by atoms with Crippen molar-refractivity contribution >= 4 is 53.3 Å². The Labute approximate surface area is 433 Å². The third-order valence-corrected chi connectivity index (χ3v) is 16.4. The van der Waals surface area contributed by atoms with Gasteiger partial charge in [-0.2, -0.15) is 26.3 Å². The van der Waals surface area contributed by atoms with E-state index in [1.807, 2.05) is 12.1 Å². The van der Waals surface area contributed by atoms with Crippen LogP contribution < -0.4 is 5.73 Å². The van der Waals surface area contributed by atoms with Crippen molar-refractivity contribution < 1.29 is 52.8 Å². The van der Waals surface area contributed by atoms with E-state index in [1.54, 1.807) is 127 Å². The molecule has 10 nitrogen and oxygen atoms in total. The van der Waals surface area contributed by atoms with Gasteiger partial charge in [-0.3, -0.25) is 24.5 Å². The first-order chi connectivity index (χ1) is 36.2. The topological polar surface area (TPSA) is 157 Å². The van der Waals surface area contributed by atoms with Crippen LogP contribution in [0, 0.1) is 0 Å². The quantitative estimate of drug-likeness (QED) is 0.0876. The fraction of sp³-hybridized carbons (Fsp3) is 0.138. The van der Waals surface area contributed by atoms with E-state index >= 15 is 0 Å². The van der Waals surface area contributed by atoms with Crippen LogP contribution in [0.15, 0.2) is 192 Å². The molecule has 7 aromatic carbocycles. The van der Waals surface area contributed by atoms with Gasteiger partial charge in [-0.15, -0.1) is 0 Å². The van der Waals surface area contributed by atoms with E-state index in [4.69, 9.17) is 5.73 Å². The number of sulfone groups is 2. The van der Waals surface area contributed by atoms with Crippen molar-refractivity contribution in [3.8, 4) is 44.5 Å². The molecule has 76 heavy (non-hydrogen) atoms. The number of para-hydroxylation sites is 2. The lowest BCUT2D eigenvalue weighted by Crippen LogP contribution is -2.31. The fourth-order valence-electron chi connectivity index (χ4n) is 9.15.